The van der Waals surface area contributed by atoms with Gasteiger partial charge in [-0.2, -0.15) is 0 Å². The molecule has 5 heteroatoms. The molecule has 0 saturated carbocycles. The molecule has 0 atom stereocenters. The van der Waals surface area contributed by atoms with E-state index in [2.05, 4.69) is 18.0 Å². The van der Waals surface area contributed by atoms with Crippen molar-refractivity contribution in [1.29, 1.82) is 0 Å². The molecule has 5 rings (SSSR count). The number of aromatic nitrogens is 2. The number of nitrogens with one attached hydrogen (secondary N) is 1. The van der Waals surface area contributed by atoms with E-state index in [0.29, 0.717) is 37.9 Å². The molecule has 4 aromatic rings. The van der Waals surface area contributed by atoms with E-state index in [9.17, 15) is 9.59 Å². The smallest absolute Gasteiger partial charge is 0.197 e. The molecule has 0 aliphatic heterocycles. The third-order valence-electron chi connectivity index (χ3n) is 5.80. The third kappa shape index (κ3) is 2.54. The van der Waals surface area contributed by atoms with Gasteiger partial charge in [0.05, 0.1) is 21.9 Å². The molecule has 29 heavy (non-hydrogen) atoms. The highest BCUT2D eigenvalue weighted by molar-refractivity contribution is 6.00. The van der Waals surface area contributed by atoms with Crippen LogP contribution >= 0.6 is 0 Å². The lowest BCUT2D eigenvalue weighted by Crippen LogP contribution is -2.41. The van der Waals surface area contributed by atoms with E-state index >= 15 is 0 Å². The summed E-state index contributed by atoms with van der Waals surface area (Å²) in [4.78, 5) is 29.8. The fraction of sp³-hybridized carbons (Fsp3) is 0.167. The highest BCUT2D eigenvalue weighted by atomic mass is 16.1. The van der Waals surface area contributed by atoms with E-state index < -0.39 is 0 Å². The number of pyridine rings is 2. The van der Waals surface area contributed by atoms with Crippen LogP contribution in [0.5, 0.6) is 0 Å². The maximum Gasteiger partial charge on any atom is 0.197 e. The van der Waals surface area contributed by atoms with Gasteiger partial charge in [0.2, 0.25) is 0 Å². The number of fused-ring (bicyclic) bond motifs is 4. The van der Waals surface area contributed by atoms with Crippen LogP contribution in [0.4, 0.5) is 0 Å². The third-order valence-corrected chi connectivity index (χ3v) is 5.80. The summed E-state index contributed by atoms with van der Waals surface area (Å²) in [7, 11) is 0. The zero-order valence-corrected chi connectivity index (χ0v) is 16.4. The van der Waals surface area contributed by atoms with Gasteiger partial charge in [-0.3, -0.25) is 14.3 Å². The lowest BCUT2D eigenvalue weighted by molar-refractivity contribution is 1.09. The van der Waals surface area contributed by atoms with Crippen molar-refractivity contribution in [2.24, 2.45) is 0 Å². The number of benzene rings is 2. The molecular formula is C24H21N3O2. The molecule has 1 aliphatic carbocycles. The number of allylic oxidation sites excluding steroid dienone is 2. The van der Waals surface area contributed by atoms with Gasteiger partial charge in [-0.25, -0.2) is 0 Å². The van der Waals surface area contributed by atoms with Gasteiger partial charge in [0, 0.05) is 21.3 Å². The van der Waals surface area contributed by atoms with Crippen molar-refractivity contribution in [3.63, 3.8) is 0 Å². The molecule has 0 amide bonds. The summed E-state index contributed by atoms with van der Waals surface area (Å²) in [5.41, 5.74) is 3.86. The summed E-state index contributed by atoms with van der Waals surface area (Å²) in [5, 5.41) is 3.05. The first-order valence-electron chi connectivity index (χ1n) is 9.79. The summed E-state index contributed by atoms with van der Waals surface area (Å²) in [5.74, 6) is 6.38. The van der Waals surface area contributed by atoms with Crippen LogP contribution in [0.25, 0.3) is 44.9 Å². The first kappa shape index (κ1) is 17.5. The number of aryl methyl sites for hydroxylation is 1. The summed E-state index contributed by atoms with van der Waals surface area (Å²) >= 11 is 0. The highest BCUT2D eigenvalue weighted by Gasteiger charge is 2.13. The highest BCUT2D eigenvalue weighted by Crippen LogP contribution is 2.21. The Bertz CT molecular complexity index is 1620. The van der Waals surface area contributed by atoms with E-state index in [1.807, 2.05) is 37.3 Å². The van der Waals surface area contributed by atoms with E-state index in [0.717, 1.165) is 29.3 Å². The van der Waals surface area contributed by atoms with Gasteiger partial charge in [0.15, 0.2) is 10.9 Å². The summed E-state index contributed by atoms with van der Waals surface area (Å²) in [6.45, 7) is 4.04. The van der Waals surface area contributed by atoms with Gasteiger partial charge >= 0.3 is 0 Å². The number of nitrogens with two attached hydrogens (primary N) is 1. The molecular weight excluding hydrogens is 362 g/mol. The summed E-state index contributed by atoms with van der Waals surface area (Å²) in [6, 6.07) is 9.24. The maximum absolute atomic E-state index is 13.2. The van der Waals surface area contributed by atoms with E-state index in [-0.39, 0.29) is 10.9 Å². The van der Waals surface area contributed by atoms with E-state index in [1.165, 1.54) is 4.68 Å². The Balaban J connectivity index is 1.99. The second-order valence-corrected chi connectivity index (χ2v) is 7.63. The Labute approximate surface area is 166 Å². The minimum absolute atomic E-state index is 0.0598. The number of aromatic amines is 1. The van der Waals surface area contributed by atoms with Crippen molar-refractivity contribution in [3.8, 4) is 0 Å². The van der Waals surface area contributed by atoms with Gasteiger partial charge in [-0.1, -0.05) is 30.7 Å². The van der Waals surface area contributed by atoms with Gasteiger partial charge < -0.3 is 10.8 Å². The Morgan fingerprint density at radius 1 is 1.00 bits per heavy atom. The molecule has 5 nitrogen and oxygen atoms in total. The van der Waals surface area contributed by atoms with Crippen LogP contribution < -0.4 is 27.3 Å². The minimum Gasteiger partial charge on any atom is -0.355 e. The van der Waals surface area contributed by atoms with Gasteiger partial charge in [-0.05, 0) is 55.7 Å². The zero-order chi connectivity index (χ0) is 20.3. The number of hydrogen-bond acceptors (Lipinski definition) is 3. The van der Waals surface area contributed by atoms with Crippen molar-refractivity contribution < 1.29 is 0 Å². The van der Waals surface area contributed by atoms with E-state index in [1.54, 1.807) is 12.1 Å². The lowest BCUT2D eigenvalue weighted by atomic mass is 10.0. The van der Waals surface area contributed by atoms with Crippen LogP contribution in [0.1, 0.15) is 25.8 Å². The molecule has 2 aromatic heterocycles. The van der Waals surface area contributed by atoms with Crippen LogP contribution in [0.3, 0.4) is 0 Å². The molecule has 0 saturated heterocycles. The van der Waals surface area contributed by atoms with Crippen LogP contribution in [-0.2, 0) is 6.42 Å². The van der Waals surface area contributed by atoms with Crippen molar-refractivity contribution in [2.45, 2.75) is 26.7 Å². The van der Waals surface area contributed by atoms with Gasteiger partial charge in [0.25, 0.3) is 0 Å². The predicted molar refractivity (Wildman–Crippen MR) is 120 cm³/mol. The number of hydrogen-bond donors (Lipinski definition) is 2. The first-order chi connectivity index (χ1) is 14.0. The normalized spacial score (nSPS) is 13.7. The summed E-state index contributed by atoms with van der Waals surface area (Å²) in [6.07, 6.45) is 7.58. The second kappa shape index (κ2) is 6.21. The Hall–Kier alpha value is -3.60. The number of nitrogens with zero attached hydrogens (tertiary/aromatic N) is 1. The zero-order valence-electron chi connectivity index (χ0n) is 16.4. The molecule has 2 heterocycles. The molecule has 0 bridgehead atoms. The van der Waals surface area contributed by atoms with Gasteiger partial charge in [0.1, 0.15) is 0 Å². The van der Waals surface area contributed by atoms with Crippen molar-refractivity contribution in [1.82, 2.24) is 9.66 Å². The monoisotopic (exact) mass is 383 g/mol. The fourth-order valence-corrected chi connectivity index (χ4v) is 4.16. The van der Waals surface area contributed by atoms with Crippen molar-refractivity contribution >= 4 is 44.9 Å². The molecule has 0 unspecified atom stereocenters. The predicted octanol–water partition coefficient (Wildman–Crippen LogP) is 2.18. The van der Waals surface area contributed by atoms with Crippen molar-refractivity contribution in [2.75, 3.05) is 5.84 Å². The van der Waals surface area contributed by atoms with Crippen LogP contribution in [0, 0.1) is 0 Å². The Morgan fingerprint density at radius 3 is 2.59 bits per heavy atom. The minimum atomic E-state index is -0.0715. The standard InChI is InChI=1S/C24H21N3O2/c1-3-14-7-8-21-17(10-14)24(29)18-11-20-16(12-22(18)27(21)25)23(28)15-9-13(2)5-4-6-19(15)26-20/h5-12,26H,3-4,25H2,1-2H3. The van der Waals surface area contributed by atoms with Crippen LogP contribution in [0.15, 0.2) is 51.6 Å². The topological polar surface area (TPSA) is 80.9 Å². The SMILES string of the molecule is CCc1ccc2c(c1)c(=O)c1cc3[nH]c4c(c(=O)c3cc1n2N)=CC(C)=CCC=4. The molecule has 0 spiro atoms. The van der Waals surface area contributed by atoms with Crippen molar-refractivity contribution in [3.05, 3.63) is 78.6 Å². The molecule has 0 fully saturated rings. The molecule has 1 aliphatic rings. The first-order valence-corrected chi connectivity index (χ1v) is 9.79. The van der Waals surface area contributed by atoms with Crippen LogP contribution in [-0.4, -0.2) is 9.66 Å². The molecule has 144 valence electrons. The summed E-state index contributed by atoms with van der Waals surface area (Å²) < 4.78 is 1.51. The maximum atomic E-state index is 13.2. The average Bonchev–Trinajstić information content (AvgIpc) is 2.92. The second-order valence-electron chi connectivity index (χ2n) is 7.63. The average molecular weight is 383 g/mol. The number of H-pyrrole nitrogens is 1. The molecule has 0 radical (unpaired) electrons. The molecule has 2 aromatic carbocycles. The Morgan fingerprint density at radius 2 is 1.79 bits per heavy atom. The fourth-order valence-electron chi connectivity index (χ4n) is 4.16. The lowest BCUT2D eigenvalue weighted by Gasteiger charge is -2.12. The Kier molecular flexibility index (Phi) is 3.74. The van der Waals surface area contributed by atoms with Gasteiger partial charge in [-0.15, -0.1) is 0 Å². The largest absolute Gasteiger partial charge is 0.355 e. The van der Waals surface area contributed by atoms with E-state index in [4.69, 9.17) is 5.84 Å². The number of nitrogen functional groups attached to an aromatic ring is 1. The quantitative estimate of drug-likeness (QED) is 0.391. The van der Waals surface area contributed by atoms with Crippen LogP contribution in [0.2, 0.25) is 0 Å². The molecule has 3 N–H and O–H groups in total. The number of rotatable bonds is 1.